The molecule has 0 fully saturated rings. The Kier molecular flexibility index (Phi) is 7.70. The third-order valence-electron chi connectivity index (χ3n) is 6.03. The lowest BCUT2D eigenvalue weighted by Crippen LogP contribution is -2.18. The summed E-state index contributed by atoms with van der Waals surface area (Å²) in [6.45, 7) is 9.72. The van der Waals surface area contributed by atoms with Crippen molar-refractivity contribution in [3.63, 3.8) is 0 Å². The first-order valence-electron chi connectivity index (χ1n) is 11.9. The molecule has 1 N–H and O–H groups in total. The number of hydrogen-bond acceptors (Lipinski definition) is 5. The van der Waals surface area contributed by atoms with Crippen molar-refractivity contribution in [3.8, 4) is 17.1 Å². The van der Waals surface area contributed by atoms with Gasteiger partial charge in [0.1, 0.15) is 0 Å². The fourth-order valence-electron chi connectivity index (χ4n) is 3.67. The van der Waals surface area contributed by atoms with Crippen molar-refractivity contribution < 1.29 is 9.59 Å². The standard InChI is InChI=1S/C29H30N4O2S/c1-18(2)28(35)30-24-14-12-22(13-15-24)26(34)21(5)36-29-32-31-27(23-9-7-6-8-10-23)33(29)25-16-11-19(3)20(4)17-25/h6-18,21H,1-5H3,(H,30,35). The molecule has 1 atom stereocenters. The number of benzene rings is 3. The zero-order valence-electron chi connectivity index (χ0n) is 21.1. The van der Waals surface area contributed by atoms with Gasteiger partial charge in [-0.25, -0.2) is 0 Å². The van der Waals surface area contributed by atoms with Crippen LogP contribution in [0.4, 0.5) is 5.69 Å². The summed E-state index contributed by atoms with van der Waals surface area (Å²) in [5.74, 6) is 0.542. The van der Waals surface area contributed by atoms with Gasteiger partial charge in [-0.15, -0.1) is 10.2 Å². The Morgan fingerprint density at radius 2 is 1.56 bits per heavy atom. The number of nitrogens with one attached hydrogen (secondary N) is 1. The summed E-state index contributed by atoms with van der Waals surface area (Å²) in [5.41, 5.74) is 5.54. The van der Waals surface area contributed by atoms with Gasteiger partial charge in [-0.05, 0) is 68.3 Å². The average molecular weight is 499 g/mol. The van der Waals surface area contributed by atoms with Crippen molar-refractivity contribution in [2.75, 3.05) is 5.32 Å². The Morgan fingerprint density at radius 1 is 0.861 bits per heavy atom. The molecular weight excluding hydrogens is 468 g/mol. The van der Waals surface area contributed by atoms with Crippen molar-refractivity contribution in [2.45, 2.75) is 45.0 Å². The molecular formula is C29H30N4O2S. The highest BCUT2D eigenvalue weighted by molar-refractivity contribution is 8.00. The summed E-state index contributed by atoms with van der Waals surface area (Å²) >= 11 is 1.38. The average Bonchev–Trinajstić information content (AvgIpc) is 3.29. The van der Waals surface area contributed by atoms with Gasteiger partial charge in [-0.2, -0.15) is 0 Å². The van der Waals surface area contributed by atoms with E-state index in [1.165, 1.54) is 22.9 Å². The molecule has 0 saturated heterocycles. The van der Waals surface area contributed by atoms with Crippen LogP contribution in [0, 0.1) is 19.8 Å². The van der Waals surface area contributed by atoms with E-state index in [2.05, 4.69) is 47.6 Å². The van der Waals surface area contributed by atoms with Crippen molar-refractivity contribution >= 4 is 29.1 Å². The van der Waals surface area contributed by atoms with Gasteiger partial charge in [-0.3, -0.25) is 14.2 Å². The Labute approximate surface area is 216 Å². The first kappa shape index (κ1) is 25.4. The van der Waals surface area contributed by atoms with Crippen LogP contribution in [0.1, 0.15) is 42.3 Å². The maximum atomic E-state index is 13.2. The molecule has 0 aliphatic rings. The molecule has 1 amide bonds. The van der Waals surface area contributed by atoms with Gasteiger partial charge in [-0.1, -0.05) is 62.0 Å². The van der Waals surface area contributed by atoms with Crippen molar-refractivity contribution in [1.82, 2.24) is 14.8 Å². The first-order chi connectivity index (χ1) is 17.2. The smallest absolute Gasteiger partial charge is 0.226 e. The molecule has 1 aromatic heterocycles. The molecule has 4 aromatic rings. The van der Waals surface area contributed by atoms with Crippen LogP contribution in [0.5, 0.6) is 0 Å². The van der Waals surface area contributed by atoms with Crippen molar-refractivity contribution in [3.05, 3.63) is 89.5 Å². The molecule has 0 radical (unpaired) electrons. The van der Waals surface area contributed by atoms with Gasteiger partial charge >= 0.3 is 0 Å². The van der Waals surface area contributed by atoms with Crippen LogP contribution < -0.4 is 5.32 Å². The Morgan fingerprint density at radius 3 is 2.19 bits per heavy atom. The molecule has 0 aliphatic heterocycles. The number of Topliss-reactive ketones (excluding diaryl/α,β-unsaturated/α-hetero) is 1. The molecule has 0 bridgehead atoms. The highest BCUT2D eigenvalue weighted by atomic mass is 32.2. The number of aryl methyl sites for hydroxylation is 2. The van der Waals surface area contributed by atoms with E-state index in [4.69, 9.17) is 0 Å². The van der Waals surface area contributed by atoms with Crippen LogP contribution in [0.25, 0.3) is 17.1 Å². The van der Waals surface area contributed by atoms with Crippen molar-refractivity contribution in [2.24, 2.45) is 5.92 Å². The van der Waals surface area contributed by atoms with Crippen LogP contribution in [0.2, 0.25) is 0 Å². The molecule has 36 heavy (non-hydrogen) atoms. The number of thioether (sulfide) groups is 1. The van der Waals surface area contributed by atoms with Crippen LogP contribution in [-0.2, 0) is 4.79 Å². The quantitative estimate of drug-likeness (QED) is 0.221. The fraction of sp³-hybridized carbons (Fsp3) is 0.241. The predicted molar refractivity (Wildman–Crippen MR) is 146 cm³/mol. The van der Waals surface area contributed by atoms with E-state index in [1.807, 2.05) is 55.7 Å². The largest absolute Gasteiger partial charge is 0.326 e. The molecule has 184 valence electrons. The van der Waals surface area contributed by atoms with E-state index in [-0.39, 0.29) is 22.9 Å². The van der Waals surface area contributed by atoms with Gasteiger partial charge in [0.25, 0.3) is 0 Å². The SMILES string of the molecule is Cc1ccc(-n2c(SC(C)C(=O)c3ccc(NC(=O)C(C)C)cc3)nnc2-c2ccccc2)cc1C. The minimum absolute atomic E-state index is 0.0161. The Hall–Kier alpha value is -3.71. The zero-order chi connectivity index (χ0) is 25.8. The van der Waals surface area contributed by atoms with E-state index in [0.717, 1.165) is 17.1 Å². The molecule has 4 rings (SSSR count). The van der Waals surface area contributed by atoms with Crippen molar-refractivity contribution in [1.29, 1.82) is 0 Å². The summed E-state index contributed by atoms with van der Waals surface area (Å²) < 4.78 is 2.01. The fourth-order valence-corrected chi connectivity index (χ4v) is 4.61. The number of amides is 1. The van der Waals surface area contributed by atoms with Gasteiger partial charge in [0.2, 0.25) is 5.91 Å². The lowest BCUT2D eigenvalue weighted by molar-refractivity contribution is -0.118. The normalized spacial score (nSPS) is 11.9. The van der Waals surface area contributed by atoms with E-state index >= 15 is 0 Å². The third kappa shape index (κ3) is 5.57. The topological polar surface area (TPSA) is 76.9 Å². The van der Waals surface area contributed by atoms with Crippen LogP contribution in [-0.4, -0.2) is 31.7 Å². The van der Waals surface area contributed by atoms with Gasteiger partial charge in [0.05, 0.1) is 10.9 Å². The number of anilines is 1. The lowest BCUT2D eigenvalue weighted by atomic mass is 10.1. The van der Waals surface area contributed by atoms with Gasteiger partial charge < -0.3 is 5.32 Å². The Bertz CT molecular complexity index is 1380. The predicted octanol–water partition coefficient (Wildman–Crippen LogP) is 6.51. The molecule has 7 heteroatoms. The third-order valence-corrected chi connectivity index (χ3v) is 7.07. The second-order valence-corrected chi connectivity index (χ2v) is 10.4. The molecule has 0 spiro atoms. The lowest BCUT2D eigenvalue weighted by Gasteiger charge is -2.15. The summed E-state index contributed by atoms with van der Waals surface area (Å²) in [4.78, 5) is 25.2. The zero-order valence-corrected chi connectivity index (χ0v) is 22.0. The highest BCUT2D eigenvalue weighted by Crippen LogP contribution is 2.32. The molecule has 1 heterocycles. The monoisotopic (exact) mass is 498 g/mol. The minimum atomic E-state index is -0.390. The first-order valence-corrected chi connectivity index (χ1v) is 12.8. The number of nitrogens with zero attached hydrogens (tertiary/aromatic N) is 3. The maximum Gasteiger partial charge on any atom is 0.226 e. The summed E-state index contributed by atoms with van der Waals surface area (Å²) in [7, 11) is 0. The van der Waals surface area contributed by atoms with Crippen LogP contribution >= 0.6 is 11.8 Å². The van der Waals surface area contributed by atoms with E-state index < -0.39 is 0 Å². The number of ketones is 1. The van der Waals surface area contributed by atoms with Crippen LogP contribution in [0.15, 0.2) is 78.0 Å². The molecule has 0 saturated carbocycles. The molecule has 3 aromatic carbocycles. The minimum Gasteiger partial charge on any atom is -0.326 e. The maximum absolute atomic E-state index is 13.2. The molecule has 0 aliphatic carbocycles. The number of hydrogen-bond donors (Lipinski definition) is 1. The number of carbonyl (C=O) groups excluding carboxylic acids is 2. The van der Waals surface area contributed by atoms with Gasteiger partial charge in [0.15, 0.2) is 16.8 Å². The second kappa shape index (κ2) is 10.9. The molecule has 1 unspecified atom stereocenters. The second-order valence-electron chi connectivity index (χ2n) is 9.12. The van der Waals surface area contributed by atoms with E-state index in [9.17, 15) is 9.59 Å². The van der Waals surface area contributed by atoms with E-state index in [1.54, 1.807) is 24.3 Å². The summed E-state index contributed by atoms with van der Waals surface area (Å²) in [5, 5.41) is 12.1. The van der Waals surface area contributed by atoms with Crippen LogP contribution in [0.3, 0.4) is 0 Å². The highest BCUT2D eigenvalue weighted by Gasteiger charge is 2.23. The van der Waals surface area contributed by atoms with E-state index in [0.29, 0.717) is 16.4 Å². The number of aromatic nitrogens is 3. The van der Waals surface area contributed by atoms with Gasteiger partial charge in [0, 0.05) is 22.7 Å². The summed E-state index contributed by atoms with van der Waals surface area (Å²) in [6, 6.07) is 23.2. The summed E-state index contributed by atoms with van der Waals surface area (Å²) in [6.07, 6.45) is 0. The Balaban J connectivity index is 1.61. The number of carbonyl (C=O) groups is 2. The number of rotatable bonds is 8. The molecule has 6 nitrogen and oxygen atoms in total.